The summed E-state index contributed by atoms with van der Waals surface area (Å²) in [5, 5.41) is 12.3. The molecule has 1 heterocycles. The molecule has 2 rings (SSSR count). The van der Waals surface area contributed by atoms with Crippen LogP contribution in [0.5, 0.6) is 0 Å². The Bertz CT molecular complexity index is 586. The molecule has 4 heteroatoms. The molecule has 0 spiro atoms. The lowest BCUT2D eigenvalue weighted by atomic mass is 9.99. The fourth-order valence-electron chi connectivity index (χ4n) is 2.21. The third-order valence-corrected chi connectivity index (χ3v) is 3.56. The van der Waals surface area contributed by atoms with Gasteiger partial charge in [-0.3, -0.25) is 4.79 Å². The zero-order valence-corrected chi connectivity index (χ0v) is 12.4. The molecular formula is C17H21NO3. The van der Waals surface area contributed by atoms with Crippen LogP contribution in [0.25, 0.3) is 0 Å². The molecule has 4 nitrogen and oxygen atoms in total. The highest BCUT2D eigenvalue weighted by Gasteiger charge is 2.14. The van der Waals surface area contributed by atoms with Gasteiger partial charge in [-0.15, -0.1) is 0 Å². The third-order valence-electron chi connectivity index (χ3n) is 3.56. The maximum atomic E-state index is 12.0. The Morgan fingerprint density at radius 3 is 2.52 bits per heavy atom. The van der Waals surface area contributed by atoms with E-state index in [9.17, 15) is 9.90 Å². The predicted octanol–water partition coefficient (Wildman–Crippen LogP) is 2.48. The third kappa shape index (κ3) is 4.20. The monoisotopic (exact) mass is 287 g/mol. The maximum absolute atomic E-state index is 12.0. The molecular weight excluding hydrogens is 266 g/mol. The van der Waals surface area contributed by atoms with Crippen molar-refractivity contribution in [3.05, 3.63) is 59.0 Å². The SMILES string of the molecule is Cc1ccc(C[C@@H](CO)CNC(=O)c2ccoc2C)cc1. The van der Waals surface area contributed by atoms with E-state index in [1.165, 1.54) is 11.8 Å². The first-order valence-electron chi connectivity index (χ1n) is 7.09. The van der Waals surface area contributed by atoms with Gasteiger partial charge in [0, 0.05) is 19.1 Å². The van der Waals surface area contributed by atoms with Crippen LogP contribution in [0.1, 0.15) is 27.2 Å². The van der Waals surface area contributed by atoms with Crippen molar-refractivity contribution in [2.45, 2.75) is 20.3 Å². The molecule has 2 aromatic rings. The standard InChI is InChI=1S/C17H21NO3/c1-12-3-5-14(6-4-12)9-15(11-19)10-18-17(20)16-7-8-21-13(16)2/h3-8,15,19H,9-11H2,1-2H3,(H,18,20)/t15-/m1/s1. The highest BCUT2D eigenvalue weighted by Crippen LogP contribution is 2.11. The molecule has 1 aromatic heterocycles. The van der Waals surface area contributed by atoms with Crippen molar-refractivity contribution in [3.8, 4) is 0 Å². The summed E-state index contributed by atoms with van der Waals surface area (Å²) in [6, 6.07) is 9.87. The fraction of sp³-hybridized carbons (Fsp3) is 0.353. The molecule has 0 aliphatic rings. The Labute approximate surface area is 124 Å². The van der Waals surface area contributed by atoms with Gasteiger partial charge in [-0.25, -0.2) is 0 Å². The lowest BCUT2D eigenvalue weighted by Crippen LogP contribution is -2.32. The molecule has 0 unspecified atom stereocenters. The second-order valence-electron chi connectivity index (χ2n) is 5.34. The summed E-state index contributed by atoms with van der Waals surface area (Å²) >= 11 is 0. The van der Waals surface area contributed by atoms with Gasteiger partial charge in [0.05, 0.1) is 11.8 Å². The molecule has 0 radical (unpaired) electrons. The largest absolute Gasteiger partial charge is 0.469 e. The first kappa shape index (κ1) is 15.3. The van der Waals surface area contributed by atoms with Crippen molar-refractivity contribution in [2.24, 2.45) is 5.92 Å². The number of aliphatic hydroxyl groups is 1. The summed E-state index contributed by atoms with van der Waals surface area (Å²) in [7, 11) is 0. The van der Waals surface area contributed by atoms with Crippen molar-refractivity contribution >= 4 is 5.91 Å². The number of aliphatic hydroxyl groups excluding tert-OH is 1. The molecule has 1 amide bonds. The number of benzene rings is 1. The number of rotatable bonds is 6. The van der Waals surface area contributed by atoms with Gasteiger partial charge in [-0.05, 0) is 31.9 Å². The van der Waals surface area contributed by atoms with Crippen LogP contribution in [-0.2, 0) is 6.42 Å². The molecule has 2 N–H and O–H groups in total. The number of amides is 1. The normalized spacial score (nSPS) is 12.1. The van der Waals surface area contributed by atoms with Crippen molar-refractivity contribution in [2.75, 3.05) is 13.2 Å². The highest BCUT2D eigenvalue weighted by atomic mass is 16.3. The van der Waals surface area contributed by atoms with Crippen molar-refractivity contribution in [1.82, 2.24) is 5.32 Å². The lowest BCUT2D eigenvalue weighted by molar-refractivity contribution is 0.0938. The number of furan rings is 1. The summed E-state index contributed by atoms with van der Waals surface area (Å²) in [5.41, 5.74) is 2.92. The van der Waals surface area contributed by atoms with E-state index in [-0.39, 0.29) is 18.4 Å². The topological polar surface area (TPSA) is 62.5 Å². The van der Waals surface area contributed by atoms with Crippen LogP contribution >= 0.6 is 0 Å². The number of hydrogen-bond acceptors (Lipinski definition) is 3. The molecule has 112 valence electrons. The average Bonchev–Trinajstić information content (AvgIpc) is 2.91. The fourth-order valence-corrected chi connectivity index (χ4v) is 2.21. The minimum atomic E-state index is -0.163. The molecule has 21 heavy (non-hydrogen) atoms. The summed E-state index contributed by atoms with van der Waals surface area (Å²) in [6.07, 6.45) is 2.24. The van der Waals surface area contributed by atoms with Gasteiger partial charge >= 0.3 is 0 Å². The Balaban J connectivity index is 1.89. The van der Waals surface area contributed by atoms with Crippen LogP contribution in [-0.4, -0.2) is 24.2 Å². The zero-order chi connectivity index (χ0) is 15.2. The molecule has 0 saturated heterocycles. The summed E-state index contributed by atoms with van der Waals surface area (Å²) < 4.78 is 5.12. The Morgan fingerprint density at radius 2 is 1.95 bits per heavy atom. The average molecular weight is 287 g/mol. The predicted molar refractivity (Wildman–Crippen MR) is 81.2 cm³/mol. The van der Waals surface area contributed by atoms with Crippen LogP contribution in [0.4, 0.5) is 0 Å². The van der Waals surface area contributed by atoms with E-state index in [0.29, 0.717) is 17.9 Å². The van der Waals surface area contributed by atoms with Gasteiger partial charge in [0.15, 0.2) is 0 Å². The van der Waals surface area contributed by atoms with Crippen molar-refractivity contribution in [3.63, 3.8) is 0 Å². The Kier molecular flexibility index (Phi) is 5.17. The first-order valence-corrected chi connectivity index (χ1v) is 7.09. The zero-order valence-electron chi connectivity index (χ0n) is 12.4. The van der Waals surface area contributed by atoms with Gasteiger partial charge in [0.1, 0.15) is 5.76 Å². The van der Waals surface area contributed by atoms with Gasteiger partial charge in [-0.1, -0.05) is 29.8 Å². The number of carbonyl (C=O) groups excluding carboxylic acids is 1. The van der Waals surface area contributed by atoms with E-state index in [2.05, 4.69) is 29.6 Å². The van der Waals surface area contributed by atoms with Crippen LogP contribution in [0.2, 0.25) is 0 Å². The summed E-state index contributed by atoms with van der Waals surface area (Å²) in [5.74, 6) is 0.444. The van der Waals surface area contributed by atoms with E-state index in [0.717, 1.165) is 12.0 Å². The summed E-state index contributed by atoms with van der Waals surface area (Å²) in [4.78, 5) is 12.0. The van der Waals surface area contributed by atoms with Crippen LogP contribution in [0.15, 0.2) is 41.0 Å². The molecule has 0 aliphatic heterocycles. The Hall–Kier alpha value is -2.07. The van der Waals surface area contributed by atoms with Crippen LogP contribution in [0, 0.1) is 19.8 Å². The number of aryl methyl sites for hydroxylation is 2. The second-order valence-corrected chi connectivity index (χ2v) is 5.34. The van der Waals surface area contributed by atoms with E-state index >= 15 is 0 Å². The van der Waals surface area contributed by atoms with E-state index in [1.807, 2.05) is 6.92 Å². The van der Waals surface area contributed by atoms with Gasteiger partial charge < -0.3 is 14.8 Å². The van der Waals surface area contributed by atoms with Crippen LogP contribution < -0.4 is 5.32 Å². The van der Waals surface area contributed by atoms with E-state index in [4.69, 9.17) is 4.42 Å². The second kappa shape index (κ2) is 7.09. The van der Waals surface area contributed by atoms with Crippen molar-refractivity contribution in [1.29, 1.82) is 0 Å². The maximum Gasteiger partial charge on any atom is 0.254 e. The van der Waals surface area contributed by atoms with Gasteiger partial charge in [0.2, 0.25) is 0 Å². The number of carbonyl (C=O) groups is 1. The summed E-state index contributed by atoms with van der Waals surface area (Å²) in [6.45, 7) is 4.28. The molecule has 0 aliphatic carbocycles. The van der Waals surface area contributed by atoms with Crippen LogP contribution in [0.3, 0.4) is 0 Å². The van der Waals surface area contributed by atoms with E-state index in [1.54, 1.807) is 13.0 Å². The molecule has 0 saturated carbocycles. The lowest BCUT2D eigenvalue weighted by Gasteiger charge is -2.15. The molecule has 0 fully saturated rings. The molecule has 1 aromatic carbocycles. The Morgan fingerprint density at radius 1 is 1.24 bits per heavy atom. The first-order chi connectivity index (χ1) is 10.1. The van der Waals surface area contributed by atoms with Gasteiger partial charge in [0.25, 0.3) is 5.91 Å². The number of nitrogens with one attached hydrogen (secondary N) is 1. The minimum Gasteiger partial charge on any atom is -0.469 e. The number of hydrogen-bond donors (Lipinski definition) is 2. The smallest absolute Gasteiger partial charge is 0.254 e. The van der Waals surface area contributed by atoms with Crippen molar-refractivity contribution < 1.29 is 14.3 Å². The molecule has 0 bridgehead atoms. The minimum absolute atomic E-state index is 0.00358. The highest BCUT2D eigenvalue weighted by molar-refractivity contribution is 5.95. The molecule has 1 atom stereocenters. The van der Waals surface area contributed by atoms with Gasteiger partial charge in [-0.2, -0.15) is 0 Å². The van der Waals surface area contributed by atoms with E-state index < -0.39 is 0 Å². The quantitative estimate of drug-likeness (QED) is 0.858.